The molecule has 0 aliphatic heterocycles. The number of amides is 1. The van der Waals surface area contributed by atoms with Gasteiger partial charge in [-0.25, -0.2) is 14.5 Å². The Hall–Kier alpha value is -5.11. The number of benzene rings is 2. The van der Waals surface area contributed by atoms with Crippen molar-refractivity contribution in [3.63, 3.8) is 0 Å². The molecule has 6 rings (SSSR count). The second-order valence-corrected chi connectivity index (χ2v) is 8.47. The monoisotopic (exact) mass is 472 g/mol. The molecule has 1 N–H and O–H groups in total. The molecule has 36 heavy (non-hydrogen) atoms. The first-order chi connectivity index (χ1) is 17.6. The Bertz CT molecular complexity index is 1780. The Morgan fingerprint density at radius 1 is 0.944 bits per heavy atom. The summed E-state index contributed by atoms with van der Waals surface area (Å²) >= 11 is 0. The number of hydrogen-bond donors (Lipinski definition) is 1. The van der Waals surface area contributed by atoms with Gasteiger partial charge < -0.3 is 10.5 Å². The van der Waals surface area contributed by atoms with Crippen LogP contribution in [0.3, 0.4) is 0 Å². The van der Waals surface area contributed by atoms with Gasteiger partial charge in [0.05, 0.1) is 5.69 Å². The van der Waals surface area contributed by atoms with E-state index in [0.29, 0.717) is 27.1 Å². The van der Waals surface area contributed by atoms with Crippen LogP contribution in [0.1, 0.15) is 15.9 Å². The SMILES string of the molecule is Cc1cccc(-c2nc3cccnn3c2-c2ccnc(NC(=O)c3cc4ccccc4[n+]([O-])c3)c2)c1. The molecule has 8 heteroatoms. The van der Waals surface area contributed by atoms with Crippen molar-refractivity contribution >= 4 is 28.3 Å². The van der Waals surface area contributed by atoms with Crippen LogP contribution < -0.4 is 10.0 Å². The minimum atomic E-state index is -0.426. The summed E-state index contributed by atoms with van der Waals surface area (Å²) in [7, 11) is 0. The number of carbonyl (C=O) groups excluding carboxylic acids is 1. The summed E-state index contributed by atoms with van der Waals surface area (Å²) in [6.45, 7) is 2.04. The lowest BCUT2D eigenvalue weighted by atomic mass is 10.0. The highest BCUT2D eigenvalue weighted by atomic mass is 16.5. The predicted molar refractivity (Wildman–Crippen MR) is 137 cm³/mol. The van der Waals surface area contributed by atoms with Crippen molar-refractivity contribution in [1.29, 1.82) is 0 Å². The minimum Gasteiger partial charge on any atom is -0.618 e. The molecule has 0 aliphatic carbocycles. The topological polar surface area (TPSA) is 99.1 Å². The maximum absolute atomic E-state index is 13.0. The molecule has 0 radical (unpaired) electrons. The molecule has 8 nitrogen and oxygen atoms in total. The van der Waals surface area contributed by atoms with Crippen LogP contribution in [0, 0.1) is 12.1 Å². The van der Waals surface area contributed by atoms with Gasteiger partial charge in [0, 0.05) is 35.0 Å². The van der Waals surface area contributed by atoms with E-state index in [9.17, 15) is 10.0 Å². The number of fused-ring (bicyclic) bond motifs is 2. The first-order valence-corrected chi connectivity index (χ1v) is 11.4. The lowest BCUT2D eigenvalue weighted by molar-refractivity contribution is -0.577. The normalized spacial score (nSPS) is 11.1. The fraction of sp³-hybridized carbons (Fsp3) is 0.0357. The maximum atomic E-state index is 13.0. The highest BCUT2D eigenvalue weighted by Gasteiger charge is 2.19. The predicted octanol–water partition coefficient (Wildman–Crippen LogP) is 4.81. The van der Waals surface area contributed by atoms with Crippen LogP contribution in [0.4, 0.5) is 5.82 Å². The third-order valence-electron chi connectivity index (χ3n) is 5.96. The Kier molecular flexibility index (Phi) is 5.11. The summed E-state index contributed by atoms with van der Waals surface area (Å²) in [4.78, 5) is 22.2. The fourth-order valence-electron chi connectivity index (χ4n) is 4.31. The molecule has 4 aromatic heterocycles. The van der Waals surface area contributed by atoms with Crippen LogP contribution >= 0.6 is 0 Å². The molecule has 0 saturated carbocycles. The zero-order chi connectivity index (χ0) is 24.6. The van der Waals surface area contributed by atoms with Gasteiger partial charge in [-0.2, -0.15) is 9.83 Å². The van der Waals surface area contributed by atoms with Crippen LogP contribution in [-0.2, 0) is 0 Å². The summed E-state index contributed by atoms with van der Waals surface area (Å²) in [5.41, 5.74) is 5.90. The first kappa shape index (κ1) is 21.4. The van der Waals surface area contributed by atoms with Gasteiger partial charge in [0.15, 0.2) is 11.8 Å². The minimum absolute atomic E-state index is 0.243. The molecule has 6 aromatic rings. The van der Waals surface area contributed by atoms with Crippen molar-refractivity contribution in [3.05, 3.63) is 114 Å². The molecular weight excluding hydrogens is 452 g/mol. The van der Waals surface area contributed by atoms with E-state index in [1.165, 1.54) is 6.20 Å². The van der Waals surface area contributed by atoms with Crippen LogP contribution in [0.5, 0.6) is 0 Å². The van der Waals surface area contributed by atoms with Gasteiger partial charge in [-0.05, 0) is 49.4 Å². The van der Waals surface area contributed by atoms with Gasteiger partial charge in [-0.15, -0.1) is 0 Å². The largest absolute Gasteiger partial charge is 0.618 e. The molecular formula is C28H20N6O2. The summed E-state index contributed by atoms with van der Waals surface area (Å²) in [6, 6.07) is 24.3. The van der Waals surface area contributed by atoms with Crippen LogP contribution in [0.2, 0.25) is 0 Å². The number of carbonyl (C=O) groups is 1. The molecule has 4 heterocycles. The number of imidazole rings is 1. The molecule has 0 spiro atoms. The van der Waals surface area contributed by atoms with Gasteiger partial charge in [-0.1, -0.05) is 35.9 Å². The standard InChI is InChI=1S/C28H20N6O2/c1-18-6-4-8-20(14-18)26-27(34-25(32-26)10-5-12-30-34)21-11-13-29-24(16-21)31-28(35)22-15-19-7-2-3-9-23(19)33(36)17-22/h2-17H,1H3,(H,29,31,35). The summed E-state index contributed by atoms with van der Waals surface area (Å²) < 4.78 is 2.48. The third-order valence-corrected chi connectivity index (χ3v) is 5.96. The fourth-order valence-corrected chi connectivity index (χ4v) is 4.31. The number of pyridine rings is 2. The summed E-state index contributed by atoms with van der Waals surface area (Å²) in [5, 5.41) is 20.4. The second kappa shape index (κ2) is 8.59. The van der Waals surface area contributed by atoms with Gasteiger partial charge in [0.1, 0.15) is 17.1 Å². The van der Waals surface area contributed by atoms with Crippen molar-refractivity contribution in [1.82, 2.24) is 19.6 Å². The molecule has 0 atom stereocenters. The van der Waals surface area contributed by atoms with Crippen molar-refractivity contribution < 1.29 is 9.52 Å². The van der Waals surface area contributed by atoms with E-state index >= 15 is 0 Å². The van der Waals surface area contributed by atoms with E-state index in [4.69, 9.17) is 4.98 Å². The lowest BCUT2D eigenvalue weighted by Crippen LogP contribution is -2.29. The number of aromatic nitrogens is 5. The van der Waals surface area contributed by atoms with E-state index in [1.54, 1.807) is 47.2 Å². The molecule has 0 unspecified atom stereocenters. The van der Waals surface area contributed by atoms with Gasteiger partial charge in [0.2, 0.25) is 5.52 Å². The van der Waals surface area contributed by atoms with Crippen LogP contribution in [0.25, 0.3) is 39.1 Å². The van der Waals surface area contributed by atoms with E-state index in [0.717, 1.165) is 28.1 Å². The number of nitrogens with zero attached hydrogens (tertiary/aromatic N) is 5. The molecule has 0 bridgehead atoms. The maximum Gasteiger partial charge on any atom is 0.262 e. The Morgan fingerprint density at radius 3 is 2.72 bits per heavy atom. The van der Waals surface area contributed by atoms with Gasteiger partial charge >= 0.3 is 0 Å². The zero-order valence-electron chi connectivity index (χ0n) is 19.3. The second-order valence-electron chi connectivity index (χ2n) is 8.47. The quantitative estimate of drug-likeness (QED) is 0.293. The van der Waals surface area contributed by atoms with E-state index in [1.807, 2.05) is 49.4 Å². The molecule has 0 saturated heterocycles. The first-order valence-electron chi connectivity index (χ1n) is 11.4. The average Bonchev–Trinajstić information content (AvgIpc) is 3.29. The number of para-hydroxylation sites is 1. The highest BCUT2D eigenvalue weighted by Crippen LogP contribution is 2.33. The lowest BCUT2D eigenvalue weighted by Gasteiger charge is -2.09. The number of rotatable bonds is 4. The Labute approximate surface area is 206 Å². The molecule has 1 amide bonds. The summed E-state index contributed by atoms with van der Waals surface area (Å²) in [6.07, 6.45) is 4.60. The van der Waals surface area contributed by atoms with Crippen molar-refractivity contribution in [2.75, 3.05) is 5.32 Å². The smallest absolute Gasteiger partial charge is 0.262 e. The molecule has 0 fully saturated rings. The van der Waals surface area contributed by atoms with Crippen molar-refractivity contribution in [3.8, 4) is 22.5 Å². The van der Waals surface area contributed by atoms with Gasteiger partial charge in [-0.3, -0.25) is 4.79 Å². The van der Waals surface area contributed by atoms with E-state index < -0.39 is 5.91 Å². The number of anilines is 1. The van der Waals surface area contributed by atoms with E-state index in [-0.39, 0.29) is 5.56 Å². The van der Waals surface area contributed by atoms with Crippen molar-refractivity contribution in [2.45, 2.75) is 6.92 Å². The van der Waals surface area contributed by atoms with Crippen molar-refractivity contribution in [2.24, 2.45) is 0 Å². The summed E-state index contributed by atoms with van der Waals surface area (Å²) in [5.74, 6) is -0.0747. The molecule has 2 aromatic carbocycles. The number of aryl methyl sites for hydroxylation is 1. The van der Waals surface area contributed by atoms with Gasteiger partial charge in [0.25, 0.3) is 5.91 Å². The van der Waals surface area contributed by atoms with Crippen LogP contribution in [0.15, 0.2) is 97.5 Å². The third kappa shape index (κ3) is 3.80. The molecule has 174 valence electrons. The van der Waals surface area contributed by atoms with Crippen LogP contribution in [-0.4, -0.2) is 25.5 Å². The zero-order valence-corrected chi connectivity index (χ0v) is 19.3. The number of hydrogen-bond acceptors (Lipinski definition) is 5. The Balaban J connectivity index is 1.40. The highest BCUT2D eigenvalue weighted by molar-refractivity contribution is 6.05. The average molecular weight is 473 g/mol. The number of nitrogens with one attached hydrogen (secondary N) is 1. The Morgan fingerprint density at radius 2 is 1.83 bits per heavy atom. The van der Waals surface area contributed by atoms with E-state index in [2.05, 4.69) is 21.5 Å². The molecule has 0 aliphatic rings.